The molecule has 0 aliphatic carbocycles. The maximum atomic E-state index is 12.4. The predicted octanol–water partition coefficient (Wildman–Crippen LogP) is 11.0. The zero-order chi connectivity index (χ0) is 38.5. The van der Waals surface area contributed by atoms with Gasteiger partial charge in [0.25, 0.3) is 0 Å². The van der Waals surface area contributed by atoms with Gasteiger partial charge < -0.3 is 24.4 Å². The lowest BCUT2D eigenvalue weighted by Gasteiger charge is -2.18. The lowest BCUT2D eigenvalue weighted by Crippen LogP contribution is -2.29. The first-order valence-electron chi connectivity index (χ1n) is 20.0. The largest absolute Gasteiger partial charge is 0.469 e. The molecule has 0 bridgehead atoms. The number of carbonyl (C=O) groups excluding carboxylic acids is 2. The Labute approximate surface area is 316 Å². The maximum Gasteiger partial charge on any atom is 0.469 e. The zero-order valence-corrected chi connectivity index (χ0v) is 33.6. The molecule has 2 atom stereocenters. The van der Waals surface area contributed by atoms with E-state index in [0.29, 0.717) is 25.7 Å². The number of phosphoric acid groups is 1. The summed E-state index contributed by atoms with van der Waals surface area (Å²) in [6, 6.07) is 0. The van der Waals surface area contributed by atoms with Crippen molar-refractivity contribution in [1.82, 2.24) is 0 Å². The molecule has 300 valence electrons. The summed E-state index contributed by atoms with van der Waals surface area (Å²) in [6.45, 7) is 5.63. The average molecular weight is 753 g/mol. The van der Waals surface area contributed by atoms with Gasteiger partial charge in [0.05, 0.1) is 12.7 Å². The van der Waals surface area contributed by atoms with Crippen LogP contribution < -0.4 is 0 Å². The van der Waals surface area contributed by atoms with Crippen LogP contribution in [0.25, 0.3) is 0 Å². The molecule has 0 saturated carbocycles. The van der Waals surface area contributed by atoms with Gasteiger partial charge >= 0.3 is 19.8 Å². The Balaban J connectivity index is 4.06. The number of ether oxygens (including phenoxy) is 2. The summed E-state index contributed by atoms with van der Waals surface area (Å²) in [7, 11) is -4.77. The van der Waals surface area contributed by atoms with Crippen LogP contribution in [-0.2, 0) is 28.2 Å². The van der Waals surface area contributed by atoms with E-state index in [-0.39, 0.29) is 25.6 Å². The Hall–Kier alpha value is -2.29. The van der Waals surface area contributed by atoms with Crippen molar-refractivity contribution in [2.24, 2.45) is 5.92 Å². The lowest BCUT2D eigenvalue weighted by molar-refractivity contribution is -0.161. The molecule has 9 nitrogen and oxygen atoms in total. The van der Waals surface area contributed by atoms with Gasteiger partial charge in [0.1, 0.15) is 6.61 Å². The molecule has 0 aromatic heterocycles. The first kappa shape index (κ1) is 49.7. The molecule has 0 aliphatic heterocycles. The number of allylic oxidation sites excluding steroid dienone is 9. The van der Waals surface area contributed by atoms with Gasteiger partial charge in [0.15, 0.2) is 6.10 Å². The number of hydrogen-bond acceptors (Lipinski definition) is 7. The van der Waals surface area contributed by atoms with Crippen molar-refractivity contribution < 1.29 is 43.0 Å². The van der Waals surface area contributed by atoms with Gasteiger partial charge in [-0.15, -0.1) is 0 Å². The minimum Gasteiger partial charge on any atom is -0.462 e. The van der Waals surface area contributed by atoms with Gasteiger partial charge in [-0.2, -0.15) is 0 Å². The predicted molar refractivity (Wildman–Crippen MR) is 213 cm³/mol. The van der Waals surface area contributed by atoms with Crippen LogP contribution in [-0.4, -0.2) is 52.3 Å². The number of aliphatic hydroxyl groups is 1. The van der Waals surface area contributed by atoms with Gasteiger partial charge in [-0.1, -0.05) is 165 Å². The summed E-state index contributed by atoms with van der Waals surface area (Å²) in [4.78, 5) is 42.8. The van der Waals surface area contributed by atoms with Crippen molar-refractivity contribution in [3.63, 3.8) is 0 Å². The highest BCUT2D eigenvalue weighted by Crippen LogP contribution is 2.36. The van der Waals surface area contributed by atoms with E-state index in [2.05, 4.69) is 42.7 Å². The first-order valence-corrected chi connectivity index (χ1v) is 21.6. The molecule has 0 unspecified atom stereocenters. The second-order valence-corrected chi connectivity index (χ2v) is 15.2. The number of aliphatic hydroxyl groups excluding tert-OH is 1. The van der Waals surface area contributed by atoms with Crippen LogP contribution in [0.3, 0.4) is 0 Å². The van der Waals surface area contributed by atoms with E-state index in [1.807, 2.05) is 37.3 Å². The van der Waals surface area contributed by atoms with E-state index in [0.717, 1.165) is 44.4 Å². The summed E-state index contributed by atoms with van der Waals surface area (Å²) in [5.41, 5.74) is 0. The molecule has 3 N–H and O–H groups in total. The van der Waals surface area contributed by atoms with Crippen LogP contribution in [0.4, 0.5) is 0 Å². The fraction of sp³-hybridized carbons (Fsp3) is 0.714. The van der Waals surface area contributed by atoms with Crippen LogP contribution in [0.15, 0.2) is 60.8 Å². The van der Waals surface area contributed by atoms with Crippen molar-refractivity contribution in [3.05, 3.63) is 60.8 Å². The normalized spacial score (nSPS) is 13.8. The van der Waals surface area contributed by atoms with Crippen LogP contribution >= 0.6 is 7.82 Å². The number of hydrogen-bond donors (Lipinski definition) is 3. The third kappa shape index (κ3) is 38.9. The molecular weight excluding hydrogens is 679 g/mol. The Morgan fingerprint density at radius 3 is 1.67 bits per heavy atom. The van der Waals surface area contributed by atoms with Crippen molar-refractivity contribution in [3.8, 4) is 0 Å². The van der Waals surface area contributed by atoms with Gasteiger partial charge in [-0.25, -0.2) is 4.57 Å². The fourth-order valence-electron chi connectivity index (χ4n) is 5.25. The molecule has 0 fully saturated rings. The minimum absolute atomic E-state index is 0.174. The lowest BCUT2D eigenvalue weighted by atomic mass is 10.0. The molecule has 10 heteroatoms. The Morgan fingerprint density at radius 2 is 1.13 bits per heavy atom. The van der Waals surface area contributed by atoms with Crippen molar-refractivity contribution in [2.75, 3.05) is 13.2 Å². The standard InChI is InChI=1S/C42H73O9P/c1-4-39(43)33-29-25-21-17-13-9-5-6-10-14-18-22-26-30-34-41(44)49-36-40(37-50-52(46,47)48)51-42(45)35-31-27-23-19-15-11-7-8-12-16-20-24-28-32-38(2)3/h6,9-10,13,18,21-22,25,29,33,38-40,43H,4-5,7-8,11-12,14-17,19-20,23-24,26-28,30-32,34-37H2,1-3H3,(H2,46,47,48)/b10-6-,13-9-,22-18-,25-21-,33-29+/t39-,40+/m0/s1. The van der Waals surface area contributed by atoms with Gasteiger partial charge in [0.2, 0.25) is 0 Å². The van der Waals surface area contributed by atoms with Gasteiger partial charge in [-0.05, 0) is 50.9 Å². The van der Waals surface area contributed by atoms with Crippen molar-refractivity contribution in [1.29, 1.82) is 0 Å². The molecule has 0 saturated heterocycles. The number of carbonyl (C=O) groups is 2. The Morgan fingerprint density at radius 1 is 0.635 bits per heavy atom. The van der Waals surface area contributed by atoms with E-state index in [4.69, 9.17) is 19.3 Å². The van der Waals surface area contributed by atoms with E-state index < -0.39 is 32.5 Å². The van der Waals surface area contributed by atoms with Crippen molar-refractivity contribution >= 4 is 19.8 Å². The summed E-state index contributed by atoms with van der Waals surface area (Å²) >= 11 is 0. The fourth-order valence-corrected chi connectivity index (χ4v) is 5.61. The topological polar surface area (TPSA) is 140 Å². The van der Waals surface area contributed by atoms with Gasteiger partial charge in [-0.3, -0.25) is 14.1 Å². The number of rotatable bonds is 35. The average Bonchev–Trinajstić information content (AvgIpc) is 3.10. The van der Waals surface area contributed by atoms with Crippen molar-refractivity contribution in [2.45, 2.75) is 174 Å². The molecule has 0 spiro atoms. The molecule has 0 rings (SSSR count). The molecule has 0 heterocycles. The third-order valence-corrected chi connectivity index (χ3v) is 8.87. The Kier molecular flexibility index (Phi) is 34.2. The summed E-state index contributed by atoms with van der Waals surface area (Å²) in [6.07, 6.45) is 40.4. The van der Waals surface area contributed by atoms with E-state index in [9.17, 15) is 19.3 Å². The second kappa shape index (κ2) is 35.7. The minimum atomic E-state index is -4.77. The second-order valence-electron chi connectivity index (χ2n) is 13.9. The third-order valence-electron chi connectivity index (χ3n) is 8.39. The first-order chi connectivity index (χ1) is 25.0. The zero-order valence-electron chi connectivity index (χ0n) is 32.7. The Bertz CT molecular complexity index is 1060. The quantitative estimate of drug-likeness (QED) is 0.0190. The van der Waals surface area contributed by atoms with E-state index in [1.54, 1.807) is 6.08 Å². The summed E-state index contributed by atoms with van der Waals surface area (Å²) < 4.78 is 26.3. The number of unbranched alkanes of at least 4 members (excludes halogenated alkanes) is 13. The summed E-state index contributed by atoms with van der Waals surface area (Å²) in [5.74, 6) is -0.157. The maximum absolute atomic E-state index is 12.4. The molecule has 0 aliphatic rings. The van der Waals surface area contributed by atoms with E-state index in [1.165, 1.54) is 64.2 Å². The highest BCUT2D eigenvalue weighted by molar-refractivity contribution is 7.46. The number of esters is 2. The van der Waals surface area contributed by atoms with Crippen LogP contribution in [0.1, 0.15) is 162 Å². The number of phosphoric ester groups is 1. The van der Waals surface area contributed by atoms with Crippen LogP contribution in [0.5, 0.6) is 0 Å². The molecule has 0 aromatic carbocycles. The monoisotopic (exact) mass is 752 g/mol. The molecule has 0 aromatic rings. The highest BCUT2D eigenvalue weighted by atomic mass is 31.2. The smallest absolute Gasteiger partial charge is 0.462 e. The molecular formula is C42H73O9P. The molecule has 0 amide bonds. The summed E-state index contributed by atoms with van der Waals surface area (Å²) in [5, 5.41) is 9.45. The highest BCUT2D eigenvalue weighted by Gasteiger charge is 2.22. The van der Waals surface area contributed by atoms with E-state index >= 15 is 0 Å². The molecule has 52 heavy (non-hydrogen) atoms. The van der Waals surface area contributed by atoms with Crippen LogP contribution in [0, 0.1) is 5.92 Å². The van der Waals surface area contributed by atoms with Crippen LogP contribution in [0.2, 0.25) is 0 Å². The SMILES string of the molecule is CC[C@H](O)/C=C/C=C\C/C=C\C/C=C\C/C=C\CCCC(=O)OC[C@H](COP(=O)(O)O)OC(=O)CCCCCCCCCCCCCCCC(C)C. The van der Waals surface area contributed by atoms with Gasteiger partial charge in [0, 0.05) is 12.8 Å². The molecule has 0 radical (unpaired) electrons.